The average Bonchev–Trinajstić information content (AvgIpc) is 3.25. The highest BCUT2D eigenvalue weighted by molar-refractivity contribution is 6.35. The van der Waals surface area contributed by atoms with Crippen molar-refractivity contribution in [2.45, 2.75) is 6.10 Å². The van der Waals surface area contributed by atoms with Gasteiger partial charge in [-0.15, -0.1) is 0 Å². The first-order chi connectivity index (χ1) is 16.2. The van der Waals surface area contributed by atoms with Crippen LogP contribution >= 0.6 is 11.6 Å². The van der Waals surface area contributed by atoms with Gasteiger partial charge in [-0.1, -0.05) is 23.7 Å². The molecule has 8 nitrogen and oxygen atoms in total. The van der Waals surface area contributed by atoms with E-state index < -0.39 is 6.10 Å². The highest BCUT2D eigenvalue weighted by atomic mass is 35.5. The molecule has 0 amide bonds. The van der Waals surface area contributed by atoms with Gasteiger partial charge < -0.3 is 14.6 Å². The number of pyridine rings is 1. The Kier molecular flexibility index (Phi) is 6.50. The van der Waals surface area contributed by atoms with Crippen LogP contribution in [0.3, 0.4) is 0 Å². The van der Waals surface area contributed by atoms with Crippen molar-refractivity contribution in [3.8, 4) is 22.6 Å². The van der Waals surface area contributed by atoms with E-state index in [0.717, 1.165) is 35.3 Å². The van der Waals surface area contributed by atoms with Crippen molar-refractivity contribution in [2.24, 2.45) is 0 Å². The van der Waals surface area contributed by atoms with Crippen molar-refractivity contribution in [1.29, 1.82) is 0 Å². The third-order valence-electron chi connectivity index (χ3n) is 5.64. The van der Waals surface area contributed by atoms with Gasteiger partial charge in [-0.25, -0.2) is 9.97 Å². The molecule has 170 valence electrons. The molecule has 1 aliphatic heterocycles. The molecule has 33 heavy (non-hydrogen) atoms. The Balaban J connectivity index is 1.34. The molecule has 3 aromatic heterocycles. The number of morpholine rings is 1. The molecular formula is C24H24ClN5O3. The minimum absolute atomic E-state index is 0.233. The summed E-state index contributed by atoms with van der Waals surface area (Å²) in [6.07, 6.45) is 6.40. The monoisotopic (exact) mass is 465 g/mol. The van der Waals surface area contributed by atoms with Crippen molar-refractivity contribution < 1.29 is 14.6 Å². The molecule has 1 saturated heterocycles. The lowest BCUT2D eigenvalue weighted by molar-refractivity contribution is 0.00466. The van der Waals surface area contributed by atoms with E-state index in [9.17, 15) is 5.11 Å². The lowest BCUT2D eigenvalue weighted by atomic mass is 10.1. The largest absolute Gasteiger partial charge is 0.491 e. The molecule has 0 aliphatic carbocycles. The number of halogens is 1. The van der Waals surface area contributed by atoms with Crippen LogP contribution < -0.4 is 4.74 Å². The number of aliphatic hydroxyl groups is 1. The van der Waals surface area contributed by atoms with Crippen LogP contribution in [0.15, 0.2) is 61.3 Å². The van der Waals surface area contributed by atoms with Gasteiger partial charge in [0.1, 0.15) is 35.6 Å². The van der Waals surface area contributed by atoms with E-state index in [1.165, 1.54) is 6.33 Å². The molecule has 1 N–H and O–H groups in total. The van der Waals surface area contributed by atoms with Gasteiger partial charge in [0.25, 0.3) is 0 Å². The first-order valence-electron chi connectivity index (χ1n) is 10.8. The SMILES string of the molecule is OC(COc1ccc(-c2cn(-c3cccnc3)c3ncnc(Cl)c23)cc1)CN1CCOCC1. The maximum absolute atomic E-state index is 10.3. The molecule has 1 fully saturated rings. The summed E-state index contributed by atoms with van der Waals surface area (Å²) in [5, 5.41) is 11.5. The van der Waals surface area contributed by atoms with Crippen LogP contribution in [0.25, 0.3) is 27.8 Å². The van der Waals surface area contributed by atoms with E-state index in [4.69, 9.17) is 21.1 Å². The van der Waals surface area contributed by atoms with E-state index in [0.29, 0.717) is 36.3 Å². The van der Waals surface area contributed by atoms with Crippen molar-refractivity contribution in [1.82, 2.24) is 24.4 Å². The van der Waals surface area contributed by atoms with Gasteiger partial charge in [-0.3, -0.25) is 14.5 Å². The predicted molar refractivity (Wildman–Crippen MR) is 126 cm³/mol. The summed E-state index contributed by atoms with van der Waals surface area (Å²) in [4.78, 5) is 15.0. The minimum atomic E-state index is -0.559. The number of β-amino-alcohol motifs (C(OH)–C–C–N with tert-alkyl or cyclic N) is 1. The van der Waals surface area contributed by atoms with Crippen LogP contribution in [0.1, 0.15) is 0 Å². The normalized spacial score (nSPS) is 15.6. The van der Waals surface area contributed by atoms with Gasteiger partial charge in [0.05, 0.1) is 30.5 Å². The average molecular weight is 466 g/mol. The van der Waals surface area contributed by atoms with Crippen molar-refractivity contribution >= 4 is 22.6 Å². The number of hydrogen-bond acceptors (Lipinski definition) is 7. The van der Waals surface area contributed by atoms with Crippen LogP contribution in [0.2, 0.25) is 5.15 Å². The summed E-state index contributed by atoms with van der Waals surface area (Å²) in [5.74, 6) is 0.693. The number of aromatic nitrogens is 4. The summed E-state index contributed by atoms with van der Waals surface area (Å²) in [5.41, 5.74) is 3.47. The Hall–Kier alpha value is -3.04. The number of nitrogens with zero attached hydrogens (tertiary/aromatic N) is 5. The van der Waals surface area contributed by atoms with Crippen LogP contribution in [-0.4, -0.2) is 75.1 Å². The third-order valence-corrected chi connectivity index (χ3v) is 5.93. The maximum atomic E-state index is 10.3. The highest BCUT2D eigenvalue weighted by Crippen LogP contribution is 2.35. The minimum Gasteiger partial charge on any atom is -0.491 e. The van der Waals surface area contributed by atoms with Gasteiger partial charge in [0.15, 0.2) is 0 Å². The smallest absolute Gasteiger partial charge is 0.150 e. The summed E-state index contributed by atoms with van der Waals surface area (Å²) >= 11 is 6.46. The number of hydrogen-bond donors (Lipinski definition) is 1. The fourth-order valence-electron chi connectivity index (χ4n) is 3.99. The molecule has 0 saturated carbocycles. The van der Waals surface area contributed by atoms with Crippen LogP contribution in [0.5, 0.6) is 5.75 Å². The zero-order chi connectivity index (χ0) is 22.6. The summed E-state index contributed by atoms with van der Waals surface area (Å²) < 4.78 is 13.1. The Morgan fingerprint density at radius 1 is 1.12 bits per heavy atom. The summed E-state index contributed by atoms with van der Waals surface area (Å²) in [6.45, 7) is 3.91. The molecule has 5 rings (SSSR count). The van der Waals surface area contributed by atoms with Crippen LogP contribution in [0.4, 0.5) is 0 Å². The topological polar surface area (TPSA) is 85.5 Å². The second kappa shape index (κ2) is 9.84. The molecule has 4 heterocycles. The van der Waals surface area contributed by atoms with E-state index in [-0.39, 0.29) is 6.61 Å². The first-order valence-corrected chi connectivity index (χ1v) is 11.2. The molecule has 1 unspecified atom stereocenters. The fraction of sp³-hybridized carbons (Fsp3) is 0.292. The lowest BCUT2D eigenvalue weighted by Gasteiger charge is -2.28. The van der Waals surface area contributed by atoms with Gasteiger partial charge in [-0.05, 0) is 29.8 Å². The van der Waals surface area contributed by atoms with Crippen molar-refractivity contribution in [3.63, 3.8) is 0 Å². The van der Waals surface area contributed by atoms with Gasteiger partial charge in [0, 0.05) is 37.6 Å². The predicted octanol–water partition coefficient (Wildman–Crippen LogP) is 3.21. The fourth-order valence-corrected chi connectivity index (χ4v) is 4.22. The molecule has 4 aromatic rings. The Labute approximate surface area is 196 Å². The maximum Gasteiger partial charge on any atom is 0.150 e. The van der Waals surface area contributed by atoms with Gasteiger partial charge in [0.2, 0.25) is 0 Å². The highest BCUT2D eigenvalue weighted by Gasteiger charge is 2.18. The summed E-state index contributed by atoms with van der Waals surface area (Å²) in [7, 11) is 0. The number of benzene rings is 1. The molecule has 0 radical (unpaired) electrons. The van der Waals surface area contributed by atoms with E-state index >= 15 is 0 Å². The van der Waals surface area contributed by atoms with E-state index in [1.54, 1.807) is 12.4 Å². The second-order valence-corrected chi connectivity index (χ2v) is 8.25. The van der Waals surface area contributed by atoms with Crippen molar-refractivity contribution in [3.05, 3.63) is 66.5 Å². The first kappa shape index (κ1) is 21.8. The Morgan fingerprint density at radius 3 is 2.70 bits per heavy atom. The third kappa shape index (κ3) is 4.84. The molecule has 1 aromatic carbocycles. The molecule has 0 spiro atoms. The number of ether oxygens (including phenoxy) is 2. The zero-order valence-electron chi connectivity index (χ0n) is 18.0. The van der Waals surface area contributed by atoms with Crippen molar-refractivity contribution in [2.75, 3.05) is 39.5 Å². The standard InChI is InChI=1S/C24H24ClN5O3/c25-23-22-21(14-30(24(22)28-16-27-23)18-2-1-7-26-12-18)17-3-5-20(6-4-17)33-15-19(31)13-29-8-10-32-11-9-29/h1-7,12,14,16,19,31H,8-11,13,15H2. The second-order valence-electron chi connectivity index (χ2n) is 7.89. The zero-order valence-corrected chi connectivity index (χ0v) is 18.7. The molecule has 1 atom stereocenters. The number of fused-ring (bicyclic) bond motifs is 1. The molecule has 9 heteroatoms. The molecule has 1 aliphatic rings. The van der Waals surface area contributed by atoms with E-state index in [2.05, 4.69) is 19.9 Å². The Bertz CT molecular complexity index is 1210. The van der Waals surface area contributed by atoms with Gasteiger partial charge >= 0.3 is 0 Å². The lowest BCUT2D eigenvalue weighted by Crippen LogP contribution is -2.42. The van der Waals surface area contributed by atoms with Gasteiger partial charge in [-0.2, -0.15) is 0 Å². The Morgan fingerprint density at radius 2 is 1.94 bits per heavy atom. The molecule has 0 bridgehead atoms. The van der Waals surface area contributed by atoms with Crippen LogP contribution in [0, 0.1) is 0 Å². The summed E-state index contributed by atoms with van der Waals surface area (Å²) in [6, 6.07) is 11.6. The molecular weight excluding hydrogens is 442 g/mol. The number of rotatable bonds is 7. The number of aliphatic hydroxyl groups excluding tert-OH is 1. The van der Waals surface area contributed by atoms with Crippen LogP contribution in [-0.2, 0) is 4.74 Å². The van der Waals surface area contributed by atoms with E-state index in [1.807, 2.05) is 47.2 Å². The quantitative estimate of drug-likeness (QED) is 0.419.